The van der Waals surface area contributed by atoms with Gasteiger partial charge in [-0.25, -0.2) is 0 Å². The van der Waals surface area contributed by atoms with Gasteiger partial charge in [-0.3, -0.25) is 4.79 Å². The average molecular weight is 256 g/mol. The van der Waals surface area contributed by atoms with Crippen LogP contribution in [0.1, 0.15) is 19.4 Å². The van der Waals surface area contributed by atoms with Gasteiger partial charge in [-0.2, -0.15) is 0 Å². The summed E-state index contributed by atoms with van der Waals surface area (Å²) in [6, 6.07) is 7.59. The molecular formula is C13H18ClNO2. The Morgan fingerprint density at radius 3 is 2.41 bits per heavy atom. The van der Waals surface area contributed by atoms with Crippen LogP contribution in [0.5, 0.6) is 5.75 Å². The summed E-state index contributed by atoms with van der Waals surface area (Å²) in [5, 5.41) is 2.86. The quantitative estimate of drug-likeness (QED) is 0.822. The van der Waals surface area contributed by atoms with Crippen LogP contribution in [0.25, 0.3) is 0 Å². The van der Waals surface area contributed by atoms with Crippen LogP contribution in [0.2, 0.25) is 0 Å². The highest BCUT2D eigenvalue weighted by Crippen LogP contribution is 2.17. The second-order valence-electron chi connectivity index (χ2n) is 4.55. The first-order chi connectivity index (χ1) is 7.99. The Labute approximate surface area is 107 Å². The molecule has 0 bridgehead atoms. The summed E-state index contributed by atoms with van der Waals surface area (Å²) >= 11 is 5.73. The zero-order valence-electron chi connectivity index (χ0n) is 10.4. The molecule has 0 radical (unpaired) electrons. The summed E-state index contributed by atoms with van der Waals surface area (Å²) in [4.78, 5) is 11.8. The monoisotopic (exact) mass is 255 g/mol. The summed E-state index contributed by atoms with van der Waals surface area (Å²) in [6.45, 7) is 4.15. The number of halogens is 1. The zero-order chi connectivity index (χ0) is 12.9. The van der Waals surface area contributed by atoms with Crippen molar-refractivity contribution in [3.8, 4) is 5.75 Å². The Balaban J connectivity index is 2.53. The summed E-state index contributed by atoms with van der Waals surface area (Å²) in [6.07, 6.45) is 0. The molecule has 1 aromatic rings. The molecule has 0 fully saturated rings. The van der Waals surface area contributed by atoms with Crippen molar-refractivity contribution >= 4 is 17.5 Å². The number of hydrogen-bond acceptors (Lipinski definition) is 2. The number of hydrogen-bond donors (Lipinski definition) is 1. The fourth-order valence-electron chi connectivity index (χ4n) is 1.23. The summed E-state index contributed by atoms with van der Waals surface area (Å²) in [5.41, 5.74) is 0.498. The zero-order valence-corrected chi connectivity index (χ0v) is 11.2. The highest BCUT2D eigenvalue weighted by atomic mass is 35.5. The van der Waals surface area contributed by atoms with Crippen LogP contribution in [0, 0.1) is 5.41 Å². The van der Waals surface area contributed by atoms with Crippen molar-refractivity contribution in [2.45, 2.75) is 20.4 Å². The van der Waals surface area contributed by atoms with Crippen LogP contribution < -0.4 is 10.1 Å². The lowest BCUT2D eigenvalue weighted by atomic mass is 9.95. The molecule has 0 saturated carbocycles. The fourth-order valence-corrected chi connectivity index (χ4v) is 1.35. The van der Waals surface area contributed by atoms with Crippen molar-refractivity contribution in [2.24, 2.45) is 5.41 Å². The van der Waals surface area contributed by atoms with Gasteiger partial charge in [0.25, 0.3) is 0 Å². The molecule has 0 saturated heterocycles. The van der Waals surface area contributed by atoms with Crippen LogP contribution in [-0.4, -0.2) is 18.9 Å². The predicted octanol–water partition coefficient (Wildman–Crippen LogP) is 2.58. The number of carbonyl (C=O) groups is 1. The van der Waals surface area contributed by atoms with Crippen molar-refractivity contribution < 1.29 is 9.53 Å². The van der Waals surface area contributed by atoms with Crippen molar-refractivity contribution in [2.75, 3.05) is 13.0 Å². The van der Waals surface area contributed by atoms with Gasteiger partial charge < -0.3 is 10.1 Å². The smallest absolute Gasteiger partial charge is 0.227 e. The van der Waals surface area contributed by atoms with Crippen LogP contribution >= 0.6 is 11.6 Å². The van der Waals surface area contributed by atoms with Gasteiger partial charge >= 0.3 is 0 Å². The number of alkyl halides is 1. The number of amides is 1. The topological polar surface area (TPSA) is 38.3 Å². The molecule has 0 heterocycles. The van der Waals surface area contributed by atoms with Crippen molar-refractivity contribution in [1.82, 2.24) is 5.32 Å². The second-order valence-corrected chi connectivity index (χ2v) is 4.82. The van der Waals surface area contributed by atoms with Gasteiger partial charge in [-0.05, 0) is 31.5 Å². The lowest BCUT2D eigenvalue weighted by Crippen LogP contribution is -2.37. The van der Waals surface area contributed by atoms with E-state index in [0.717, 1.165) is 11.3 Å². The highest BCUT2D eigenvalue weighted by molar-refractivity contribution is 6.19. The number of methoxy groups -OCH3 is 1. The van der Waals surface area contributed by atoms with Gasteiger partial charge in [0.1, 0.15) is 5.75 Å². The second kappa shape index (κ2) is 5.92. The third-order valence-corrected chi connectivity index (χ3v) is 3.23. The van der Waals surface area contributed by atoms with Gasteiger partial charge in [0.2, 0.25) is 5.91 Å². The van der Waals surface area contributed by atoms with E-state index in [1.807, 2.05) is 38.1 Å². The third-order valence-electron chi connectivity index (χ3n) is 2.56. The first-order valence-corrected chi connectivity index (χ1v) is 6.00. The molecule has 0 aliphatic rings. The van der Waals surface area contributed by atoms with Crippen LogP contribution in [0.15, 0.2) is 24.3 Å². The lowest BCUT2D eigenvalue weighted by Gasteiger charge is -2.20. The summed E-state index contributed by atoms with van der Waals surface area (Å²) in [7, 11) is 1.62. The standard InChI is InChI=1S/C13H18ClNO2/c1-13(2,9-14)12(16)15-8-10-4-6-11(17-3)7-5-10/h4-7H,8-9H2,1-3H3,(H,15,16). The van der Waals surface area contributed by atoms with Gasteiger partial charge in [0.15, 0.2) is 0 Å². The normalized spacial score (nSPS) is 11.1. The number of benzene rings is 1. The molecule has 1 aromatic carbocycles. The molecule has 0 atom stereocenters. The minimum atomic E-state index is -0.534. The maximum Gasteiger partial charge on any atom is 0.227 e. The molecular weight excluding hydrogens is 238 g/mol. The maximum atomic E-state index is 11.8. The molecule has 0 aromatic heterocycles. The number of rotatable bonds is 5. The van der Waals surface area contributed by atoms with E-state index in [1.54, 1.807) is 7.11 Å². The SMILES string of the molecule is COc1ccc(CNC(=O)C(C)(C)CCl)cc1. The van der Waals surface area contributed by atoms with Crippen molar-refractivity contribution in [3.05, 3.63) is 29.8 Å². The van der Waals surface area contributed by atoms with Crippen LogP contribution in [-0.2, 0) is 11.3 Å². The Morgan fingerprint density at radius 2 is 1.94 bits per heavy atom. The minimum Gasteiger partial charge on any atom is -0.497 e. The molecule has 1 N–H and O–H groups in total. The molecule has 1 rings (SSSR count). The molecule has 17 heavy (non-hydrogen) atoms. The van der Waals surface area contributed by atoms with E-state index in [9.17, 15) is 4.79 Å². The molecule has 0 aliphatic carbocycles. The molecule has 3 nitrogen and oxygen atoms in total. The highest BCUT2D eigenvalue weighted by Gasteiger charge is 2.25. The Hall–Kier alpha value is -1.22. The largest absolute Gasteiger partial charge is 0.497 e. The van der Waals surface area contributed by atoms with E-state index in [2.05, 4.69) is 5.32 Å². The van der Waals surface area contributed by atoms with Crippen LogP contribution in [0.3, 0.4) is 0 Å². The first-order valence-electron chi connectivity index (χ1n) is 5.47. The Bertz CT molecular complexity index is 374. The number of carbonyl (C=O) groups excluding carboxylic acids is 1. The lowest BCUT2D eigenvalue weighted by molar-refractivity contribution is -0.128. The molecule has 0 aliphatic heterocycles. The van der Waals surface area contributed by atoms with Crippen LogP contribution in [0.4, 0.5) is 0 Å². The van der Waals surface area contributed by atoms with Crippen molar-refractivity contribution in [1.29, 1.82) is 0 Å². The van der Waals surface area contributed by atoms with Crippen molar-refractivity contribution in [3.63, 3.8) is 0 Å². The molecule has 94 valence electrons. The number of ether oxygens (including phenoxy) is 1. The van der Waals surface area contributed by atoms with E-state index in [-0.39, 0.29) is 5.91 Å². The van der Waals surface area contributed by atoms with E-state index in [1.165, 1.54) is 0 Å². The number of nitrogens with one attached hydrogen (secondary N) is 1. The van der Waals surface area contributed by atoms with E-state index >= 15 is 0 Å². The first kappa shape index (κ1) is 13.8. The Morgan fingerprint density at radius 1 is 1.35 bits per heavy atom. The molecule has 0 unspecified atom stereocenters. The molecule has 1 amide bonds. The summed E-state index contributed by atoms with van der Waals surface area (Å²) < 4.78 is 5.06. The predicted molar refractivity (Wildman–Crippen MR) is 69.3 cm³/mol. The Kier molecular flexibility index (Phi) is 4.82. The van der Waals surface area contributed by atoms with E-state index in [0.29, 0.717) is 12.4 Å². The van der Waals surface area contributed by atoms with E-state index in [4.69, 9.17) is 16.3 Å². The average Bonchev–Trinajstić information content (AvgIpc) is 2.36. The van der Waals surface area contributed by atoms with Gasteiger partial charge in [0.05, 0.1) is 12.5 Å². The third kappa shape index (κ3) is 3.93. The van der Waals surface area contributed by atoms with Gasteiger partial charge in [-0.1, -0.05) is 12.1 Å². The van der Waals surface area contributed by atoms with Gasteiger partial charge in [-0.15, -0.1) is 11.6 Å². The minimum absolute atomic E-state index is 0.0386. The fraction of sp³-hybridized carbons (Fsp3) is 0.462. The van der Waals surface area contributed by atoms with Gasteiger partial charge in [0, 0.05) is 12.4 Å². The molecule has 0 spiro atoms. The molecule has 4 heteroatoms. The maximum absolute atomic E-state index is 11.8. The summed E-state index contributed by atoms with van der Waals surface area (Å²) in [5.74, 6) is 1.08. The van der Waals surface area contributed by atoms with E-state index < -0.39 is 5.41 Å².